The largest absolute Gasteiger partial charge is 0.466 e. The van der Waals surface area contributed by atoms with Crippen molar-refractivity contribution in [2.75, 3.05) is 13.2 Å². The van der Waals surface area contributed by atoms with Gasteiger partial charge in [-0.1, -0.05) is 46.0 Å². The molecule has 0 radical (unpaired) electrons. The highest BCUT2D eigenvalue weighted by molar-refractivity contribution is 5.80. The second kappa shape index (κ2) is 11.5. The lowest BCUT2D eigenvalue weighted by molar-refractivity contribution is -0.145. The summed E-state index contributed by atoms with van der Waals surface area (Å²) in [5.74, 6) is 0.133. The van der Waals surface area contributed by atoms with Gasteiger partial charge in [-0.05, 0) is 32.6 Å². The molecule has 4 nitrogen and oxygen atoms in total. The van der Waals surface area contributed by atoms with E-state index in [0.29, 0.717) is 25.6 Å². The van der Waals surface area contributed by atoms with Crippen molar-refractivity contribution in [2.45, 2.75) is 91.0 Å². The number of hydrogen-bond donors (Lipinski definition) is 0. The zero-order valence-electron chi connectivity index (χ0n) is 15.3. The summed E-state index contributed by atoms with van der Waals surface area (Å²) in [6.45, 7) is 6.89. The van der Waals surface area contributed by atoms with Crippen LogP contribution in [0.4, 0.5) is 0 Å². The van der Waals surface area contributed by atoms with Crippen LogP contribution in [-0.2, 0) is 14.3 Å². The Labute approximate surface area is 141 Å². The molecule has 1 amide bonds. The minimum absolute atomic E-state index is 0.0858. The number of nitrogens with zero attached hydrogens (tertiary/aromatic N) is 1. The van der Waals surface area contributed by atoms with Gasteiger partial charge in [0, 0.05) is 18.5 Å². The summed E-state index contributed by atoms with van der Waals surface area (Å²) in [6.07, 6.45) is 10.4. The van der Waals surface area contributed by atoms with E-state index < -0.39 is 0 Å². The zero-order valence-corrected chi connectivity index (χ0v) is 15.3. The second-order valence-corrected chi connectivity index (χ2v) is 6.60. The molecule has 134 valence electrons. The highest BCUT2D eigenvalue weighted by Gasteiger charge is 2.28. The molecular formula is C19H35NO3. The Hall–Kier alpha value is -1.06. The Kier molecular flexibility index (Phi) is 9.97. The van der Waals surface area contributed by atoms with Gasteiger partial charge in [0.05, 0.1) is 13.0 Å². The van der Waals surface area contributed by atoms with E-state index in [4.69, 9.17) is 4.74 Å². The summed E-state index contributed by atoms with van der Waals surface area (Å²) in [7, 11) is 0. The minimum atomic E-state index is -0.194. The van der Waals surface area contributed by atoms with Crippen LogP contribution < -0.4 is 0 Å². The number of rotatable bonds is 8. The Balaban J connectivity index is 2.76. The van der Waals surface area contributed by atoms with Crippen molar-refractivity contribution in [1.29, 1.82) is 0 Å². The summed E-state index contributed by atoms with van der Waals surface area (Å²) in [6, 6.07) is 0.304. The first-order chi connectivity index (χ1) is 11.1. The maximum Gasteiger partial charge on any atom is 0.307 e. The van der Waals surface area contributed by atoms with Gasteiger partial charge < -0.3 is 9.64 Å². The van der Waals surface area contributed by atoms with Crippen LogP contribution in [0.1, 0.15) is 85.0 Å². The normalized spacial score (nSPS) is 16.7. The van der Waals surface area contributed by atoms with E-state index >= 15 is 0 Å². The van der Waals surface area contributed by atoms with E-state index in [2.05, 4.69) is 13.8 Å². The summed E-state index contributed by atoms with van der Waals surface area (Å²) >= 11 is 0. The zero-order chi connectivity index (χ0) is 17.1. The van der Waals surface area contributed by atoms with Crippen LogP contribution in [-0.4, -0.2) is 36.0 Å². The van der Waals surface area contributed by atoms with Gasteiger partial charge in [-0.3, -0.25) is 9.59 Å². The van der Waals surface area contributed by atoms with Crippen LogP contribution in [0.15, 0.2) is 0 Å². The van der Waals surface area contributed by atoms with Crippen LogP contribution in [0.25, 0.3) is 0 Å². The molecule has 0 aromatic carbocycles. The van der Waals surface area contributed by atoms with E-state index in [9.17, 15) is 9.59 Å². The molecule has 0 bridgehead atoms. The average Bonchev–Trinajstić information content (AvgIpc) is 2.50. The van der Waals surface area contributed by atoms with Crippen LogP contribution in [0, 0.1) is 5.92 Å². The molecule has 0 N–H and O–H groups in total. The van der Waals surface area contributed by atoms with Crippen molar-refractivity contribution < 1.29 is 14.3 Å². The Morgan fingerprint density at radius 1 is 1.00 bits per heavy atom. The molecule has 1 aliphatic carbocycles. The molecule has 0 aliphatic heterocycles. The van der Waals surface area contributed by atoms with E-state index in [1.54, 1.807) is 0 Å². The number of esters is 1. The smallest absolute Gasteiger partial charge is 0.307 e. The quantitative estimate of drug-likeness (QED) is 0.624. The Morgan fingerprint density at radius 2 is 1.57 bits per heavy atom. The molecule has 0 unspecified atom stereocenters. The van der Waals surface area contributed by atoms with Gasteiger partial charge in [-0.2, -0.15) is 0 Å². The maximum atomic E-state index is 12.9. The summed E-state index contributed by atoms with van der Waals surface area (Å²) in [5.41, 5.74) is 0. The monoisotopic (exact) mass is 325 g/mol. The van der Waals surface area contributed by atoms with Gasteiger partial charge in [0.15, 0.2) is 0 Å². The standard InChI is InChI=1S/C19H35NO3/c1-4-16(5-2)19(22)20(15-14-18(21)23-6-3)17-12-10-8-7-9-11-13-17/h16-17H,4-15H2,1-3H3. The van der Waals surface area contributed by atoms with Gasteiger partial charge in [-0.25, -0.2) is 0 Å². The molecule has 0 aromatic rings. The highest BCUT2D eigenvalue weighted by Crippen LogP contribution is 2.24. The molecule has 1 rings (SSSR count). The Bertz CT molecular complexity index is 345. The van der Waals surface area contributed by atoms with Gasteiger partial charge in [0.1, 0.15) is 0 Å². The van der Waals surface area contributed by atoms with Gasteiger partial charge in [0.25, 0.3) is 0 Å². The lowest BCUT2D eigenvalue weighted by Crippen LogP contribution is -2.45. The van der Waals surface area contributed by atoms with Crippen molar-refractivity contribution in [2.24, 2.45) is 5.92 Å². The molecule has 1 aliphatic rings. The second-order valence-electron chi connectivity index (χ2n) is 6.60. The van der Waals surface area contributed by atoms with Gasteiger partial charge >= 0.3 is 5.97 Å². The predicted octanol–water partition coefficient (Wildman–Crippen LogP) is 4.32. The third-order valence-electron chi connectivity index (χ3n) is 5.00. The molecule has 1 fully saturated rings. The molecule has 23 heavy (non-hydrogen) atoms. The molecule has 1 saturated carbocycles. The van der Waals surface area contributed by atoms with Crippen molar-refractivity contribution in [3.05, 3.63) is 0 Å². The van der Waals surface area contributed by atoms with Crippen molar-refractivity contribution in [3.8, 4) is 0 Å². The van der Waals surface area contributed by atoms with E-state index in [-0.39, 0.29) is 17.8 Å². The summed E-state index contributed by atoms with van der Waals surface area (Å²) in [4.78, 5) is 26.7. The van der Waals surface area contributed by atoms with Crippen LogP contribution in [0.5, 0.6) is 0 Å². The first-order valence-corrected chi connectivity index (χ1v) is 9.60. The number of ether oxygens (including phenoxy) is 1. The van der Waals surface area contributed by atoms with E-state index in [0.717, 1.165) is 25.7 Å². The van der Waals surface area contributed by atoms with Crippen molar-refractivity contribution in [1.82, 2.24) is 4.90 Å². The third kappa shape index (κ3) is 6.92. The summed E-state index contributed by atoms with van der Waals surface area (Å²) in [5, 5.41) is 0. The fraction of sp³-hybridized carbons (Fsp3) is 0.895. The average molecular weight is 325 g/mol. The Morgan fingerprint density at radius 3 is 2.09 bits per heavy atom. The molecule has 0 spiro atoms. The van der Waals surface area contributed by atoms with Crippen molar-refractivity contribution >= 4 is 11.9 Å². The van der Waals surface area contributed by atoms with Crippen LogP contribution >= 0.6 is 0 Å². The third-order valence-corrected chi connectivity index (χ3v) is 5.00. The lowest BCUT2D eigenvalue weighted by atomic mass is 9.93. The topological polar surface area (TPSA) is 46.6 Å². The number of carbonyl (C=O) groups excluding carboxylic acids is 2. The SMILES string of the molecule is CCOC(=O)CCN(C(=O)C(CC)CC)C1CCCCCCC1. The minimum Gasteiger partial charge on any atom is -0.466 e. The van der Waals surface area contributed by atoms with Crippen LogP contribution in [0.2, 0.25) is 0 Å². The molecule has 0 saturated heterocycles. The predicted molar refractivity (Wildman–Crippen MR) is 93.1 cm³/mol. The molecular weight excluding hydrogens is 290 g/mol. The molecule has 4 heteroatoms. The fourth-order valence-corrected chi connectivity index (χ4v) is 3.54. The lowest BCUT2D eigenvalue weighted by Gasteiger charge is -2.35. The van der Waals surface area contributed by atoms with E-state index in [1.165, 1.54) is 32.1 Å². The molecule has 0 atom stereocenters. The first-order valence-electron chi connectivity index (χ1n) is 9.60. The van der Waals surface area contributed by atoms with E-state index in [1.807, 2.05) is 11.8 Å². The number of carbonyl (C=O) groups is 2. The highest BCUT2D eigenvalue weighted by atomic mass is 16.5. The fourth-order valence-electron chi connectivity index (χ4n) is 3.54. The molecule has 0 aromatic heterocycles. The number of amides is 1. The maximum absolute atomic E-state index is 12.9. The van der Waals surface area contributed by atoms with Gasteiger partial charge in [0.2, 0.25) is 5.91 Å². The number of hydrogen-bond acceptors (Lipinski definition) is 3. The van der Waals surface area contributed by atoms with Crippen LogP contribution in [0.3, 0.4) is 0 Å². The van der Waals surface area contributed by atoms with Gasteiger partial charge in [-0.15, -0.1) is 0 Å². The van der Waals surface area contributed by atoms with Crippen molar-refractivity contribution in [3.63, 3.8) is 0 Å². The molecule has 0 heterocycles. The summed E-state index contributed by atoms with van der Waals surface area (Å²) < 4.78 is 5.04. The first kappa shape index (κ1) is 20.0.